The second kappa shape index (κ2) is 8.99. The van der Waals surface area contributed by atoms with Crippen LogP contribution >= 0.6 is 12.4 Å². The van der Waals surface area contributed by atoms with Crippen molar-refractivity contribution in [3.05, 3.63) is 0 Å². The molecule has 124 valence electrons. The molecule has 1 saturated carbocycles. The molecule has 0 aromatic carbocycles. The maximum atomic E-state index is 12.5. The molecule has 1 amide bonds. The van der Waals surface area contributed by atoms with Crippen LogP contribution in [0.2, 0.25) is 0 Å². The molecule has 3 nitrogen and oxygen atoms in total. The van der Waals surface area contributed by atoms with Gasteiger partial charge in [-0.1, -0.05) is 26.7 Å². The number of halogens is 1. The summed E-state index contributed by atoms with van der Waals surface area (Å²) in [6.45, 7) is 6.54. The van der Waals surface area contributed by atoms with Crippen LogP contribution in [0, 0.1) is 17.8 Å². The molecule has 0 aromatic rings. The zero-order valence-corrected chi connectivity index (χ0v) is 14.5. The Morgan fingerprint density at radius 2 is 1.81 bits per heavy atom. The standard InChI is InChI=1S/C17H32N2O.ClH/c1-13(2)14-7-5-10-19(11-9-14)17(20)12-15-6-3-4-8-16(15)18;/h13-16H,3-12,18H2,1-2H3;1H. The number of rotatable bonds is 3. The summed E-state index contributed by atoms with van der Waals surface area (Å²) in [5.74, 6) is 2.33. The normalized spacial score (nSPS) is 30.7. The van der Waals surface area contributed by atoms with Crippen LogP contribution in [0.5, 0.6) is 0 Å². The van der Waals surface area contributed by atoms with Gasteiger partial charge < -0.3 is 10.6 Å². The van der Waals surface area contributed by atoms with E-state index in [1.54, 1.807) is 0 Å². The first-order valence-electron chi connectivity index (χ1n) is 8.61. The van der Waals surface area contributed by atoms with Crippen molar-refractivity contribution in [3.63, 3.8) is 0 Å². The molecule has 1 aliphatic carbocycles. The van der Waals surface area contributed by atoms with E-state index in [0.717, 1.165) is 37.8 Å². The summed E-state index contributed by atoms with van der Waals surface area (Å²) < 4.78 is 0. The van der Waals surface area contributed by atoms with Gasteiger partial charge in [-0.25, -0.2) is 0 Å². The molecule has 3 atom stereocenters. The molecule has 0 aromatic heterocycles. The van der Waals surface area contributed by atoms with Crippen molar-refractivity contribution in [1.29, 1.82) is 0 Å². The van der Waals surface area contributed by atoms with E-state index in [4.69, 9.17) is 5.73 Å². The van der Waals surface area contributed by atoms with E-state index in [1.807, 2.05) is 0 Å². The van der Waals surface area contributed by atoms with Crippen LogP contribution in [0.15, 0.2) is 0 Å². The largest absolute Gasteiger partial charge is 0.343 e. The van der Waals surface area contributed by atoms with Crippen LogP contribution in [-0.2, 0) is 4.79 Å². The zero-order chi connectivity index (χ0) is 14.5. The Kier molecular flexibility index (Phi) is 8.04. The van der Waals surface area contributed by atoms with Gasteiger partial charge in [-0.05, 0) is 49.9 Å². The predicted octanol–water partition coefficient (Wildman–Crippen LogP) is 3.60. The molecule has 0 radical (unpaired) electrons. The summed E-state index contributed by atoms with van der Waals surface area (Å²) in [7, 11) is 0. The topological polar surface area (TPSA) is 46.3 Å². The summed E-state index contributed by atoms with van der Waals surface area (Å²) in [6.07, 6.45) is 9.07. The highest BCUT2D eigenvalue weighted by Gasteiger charge is 2.28. The lowest BCUT2D eigenvalue weighted by molar-refractivity contribution is -0.132. The fraction of sp³-hybridized carbons (Fsp3) is 0.941. The molecule has 0 bridgehead atoms. The van der Waals surface area contributed by atoms with Crippen molar-refractivity contribution in [2.45, 2.75) is 71.3 Å². The predicted molar refractivity (Wildman–Crippen MR) is 90.6 cm³/mol. The van der Waals surface area contributed by atoms with E-state index in [9.17, 15) is 4.79 Å². The monoisotopic (exact) mass is 316 g/mol. The Hall–Kier alpha value is -0.280. The number of likely N-dealkylation sites (tertiary alicyclic amines) is 1. The second-order valence-corrected chi connectivity index (χ2v) is 7.23. The maximum absolute atomic E-state index is 12.5. The molecule has 2 aliphatic rings. The van der Waals surface area contributed by atoms with Gasteiger partial charge in [0.05, 0.1) is 0 Å². The van der Waals surface area contributed by atoms with E-state index in [2.05, 4.69) is 18.7 Å². The summed E-state index contributed by atoms with van der Waals surface area (Å²) in [5.41, 5.74) is 6.18. The average molecular weight is 317 g/mol. The van der Waals surface area contributed by atoms with E-state index in [-0.39, 0.29) is 18.4 Å². The van der Waals surface area contributed by atoms with Crippen LogP contribution in [-0.4, -0.2) is 29.9 Å². The van der Waals surface area contributed by atoms with Crippen molar-refractivity contribution < 1.29 is 4.79 Å². The summed E-state index contributed by atoms with van der Waals surface area (Å²) >= 11 is 0. The molecule has 3 unspecified atom stereocenters. The molecule has 1 heterocycles. The SMILES string of the molecule is CC(C)C1CCCN(C(=O)CC2CCCCC2N)CC1.Cl. The molecule has 4 heteroatoms. The van der Waals surface area contributed by atoms with Crippen LogP contribution in [0.25, 0.3) is 0 Å². The molecule has 21 heavy (non-hydrogen) atoms. The third kappa shape index (κ3) is 5.45. The Labute approximate surface area is 136 Å². The fourth-order valence-corrected chi connectivity index (χ4v) is 3.88. The lowest BCUT2D eigenvalue weighted by atomic mass is 9.82. The number of nitrogens with zero attached hydrogens (tertiary/aromatic N) is 1. The first-order valence-corrected chi connectivity index (χ1v) is 8.61. The first kappa shape index (κ1) is 18.8. The highest BCUT2D eigenvalue weighted by Crippen LogP contribution is 2.28. The van der Waals surface area contributed by atoms with Crippen LogP contribution in [0.3, 0.4) is 0 Å². The van der Waals surface area contributed by atoms with Crippen molar-refractivity contribution in [2.24, 2.45) is 23.5 Å². The quantitative estimate of drug-likeness (QED) is 0.864. The number of hydrogen-bond acceptors (Lipinski definition) is 2. The fourth-order valence-electron chi connectivity index (χ4n) is 3.88. The van der Waals surface area contributed by atoms with Gasteiger partial charge >= 0.3 is 0 Å². The Bertz CT molecular complexity index is 322. The summed E-state index contributed by atoms with van der Waals surface area (Å²) in [5, 5.41) is 0. The molecule has 1 saturated heterocycles. The lowest BCUT2D eigenvalue weighted by Gasteiger charge is -2.30. The number of nitrogens with two attached hydrogens (primary N) is 1. The minimum atomic E-state index is 0. The van der Waals surface area contributed by atoms with Gasteiger partial charge in [0.2, 0.25) is 5.91 Å². The summed E-state index contributed by atoms with van der Waals surface area (Å²) in [4.78, 5) is 14.6. The molecule has 2 rings (SSSR count). The lowest BCUT2D eigenvalue weighted by Crippen LogP contribution is -2.39. The van der Waals surface area contributed by atoms with Gasteiger partial charge in [0.15, 0.2) is 0 Å². The Morgan fingerprint density at radius 3 is 2.48 bits per heavy atom. The van der Waals surface area contributed by atoms with Gasteiger partial charge in [-0.15, -0.1) is 12.4 Å². The summed E-state index contributed by atoms with van der Waals surface area (Å²) in [6, 6.07) is 0.253. The van der Waals surface area contributed by atoms with Crippen molar-refractivity contribution in [3.8, 4) is 0 Å². The number of carbonyl (C=O) groups excluding carboxylic acids is 1. The molecular formula is C17H33ClN2O. The van der Waals surface area contributed by atoms with Crippen molar-refractivity contribution >= 4 is 18.3 Å². The Morgan fingerprint density at radius 1 is 1.10 bits per heavy atom. The van der Waals surface area contributed by atoms with E-state index >= 15 is 0 Å². The van der Waals surface area contributed by atoms with Gasteiger partial charge in [-0.2, -0.15) is 0 Å². The minimum Gasteiger partial charge on any atom is -0.343 e. The zero-order valence-electron chi connectivity index (χ0n) is 13.7. The molecule has 0 spiro atoms. The van der Waals surface area contributed by atoms with E-state index in [1.165, 1.54) is 32.1 Å². The number of hydrogen-bond donors (Lipinski definition) is 1. The third-order valence-electron chi connectivity index (χ3n) is 5.47. The highest BCUT2D eigenvalue weighted by atomic mass is 35.5. The van der Waals surface area contributed by atoms with Crippen LogP contribution in [0.1, 0.15) is 65.2 Å². The van der Waals surface area contributed by atoms with Gasteiger partial charge in [-0.3, -0.25) is 4.79 Å². The highest BCUT2D eigenvalue weighted by molar-refractivity contribution is 5.85. The van der Waals surface area contributed by atoms with Crippen LogP contribution in [0.4, 0.5) is 0 Å². The molecule has 1 aliphatic heterocycles. The Balaban J connectivity index is 0.00000220. The van der Waals surface area contributed by atoms with E-state index in [0.29, 0.717) is 18.2 Å². The maximum Gasteiger partial charge on any atom is 0.222 e. The number of carbonyl (C=O) groups is 1. The van der Waals surface area contributed by atoms with Crippen LogP contribution < -0.4 is 5.73 Å². The molecule has 2 N–H and O–H groups in total. The molecule has 2 fully saturated rings. The second-order valence-electron chi connectivity index (χ2n) is 7.23. The minimum absolute atomic E-state index is 0. The third-order valence-corrected chi connectivity index (χ3v) is 5.47. The number of amides is 1. The first-order chi connectivity index (χ1) is 9.58. The van der Waals surface area contributed by atoms with E-state index < -0.39 is 0 Å². The van der Waals surface area contributed by atoms with Crippen molar-refractivity contribution in [1.82, 2.24) is 4.90 Å². The van der Waals surface area contributed by atoms with Gasteiger partial charge in [0, 0.05) is 25.6 Å². The van der Waals surface area contributed by atoms with Crippen molar-refractivity contribution in [2.75, 3.05) is 13.1 Å². The van der Waals surface area contributed by atoms with Gasteiger partial charge in [0.1, 0.15) is 0 Å². The average Bonchev–Trinajstić information content (AvgIpc) is 2.67. The smallest absolute Gasteiger partial charge is 0.222 e. The molecular weight excluding hydrogens is 284 g/mol. The van der Waals surface area contributed by atoms with Gasteiger partial charge in [0.25, 0.3) is 0 Å².